The molecule has 1 aromatic heterocycles. The Balaban J connectivity index is 2.14. The minimum absolute atomic E-state index is 0.242. The molecule has 0 bridgehead atoms. The van der Waals surface area contributed by atoms with Crippen molar-refractivity contribution in [1.82, 2.24) is 10.2 Å². The van der Waals surface area contributed by atoms with Crippen molar-refractivity contribution in [1.29, 1.82) is 0 Å². The van der Waals surface area contributed by atoms with E-state index in [-0.39, 0.29) is 5.91 Å². The third-order valence-corrected chi connectivity index (χ3v) is 3.55. The number of carbonyl (C=O) groups is 1. The third-order valence-electron chi connectivity index (χ3n) is 2.67. The van der Waals surface area contributed by atoms with Crippen LogP contribution in [0.25, 0.3) is 0 Å². The van der Waals surface area contributed by atoms with Crippen molar-refractivity contribution in [2.45, 2.75) is 19.8 Å². The van der Waals surface area contributed by atoms with Gasteiger partial charge in [-0.05, 0) is 34.5 Å². The van der Waals surface area contributed by atoms with Crippen LogP contribution in [0.15, 0.2) is 28.7 Å². The number of H-pyrrole nitrogens is 1. The summed E-state index contributed by atoms with van der Waals surface area (Å²) < 4.78 is 0.594. The lowest BCUT2D eigenvalue weighted by Gasteiger charge is -2.06. The Bertz CT molecular complexity index is 594. The van der Waals surface area contributed by atoms with Gasteiger partial charge in [0.1, 0.15) is 0 Å². The van der Waals surface area contributed by atoms with E-state index in [1.165, 1.54) is 0 Å². The third kappa shape index (κ3) is 3.14. The minimum atomic E-state index is -0.242. The second-order valence-electron chi connectivity index (χ2n) is 4.19. The standard InChI is InChI=1S/C13H15BrN4O/c1-2-4-8-7-11(18-17-8)16-13(19)9-5-3-6-10(15)12(9)14/h3,5-7H,2,4,15H2,1H3,(H2,16,17,18,19). The predicted molar refractivity (Wildman–Crippen MR) is 79.1 cm³/mol. The molecule has 2 aromatic rings. The number of nitrogens with one attached hydrogen (secondary N) is 2. The van der Waals surface area contributed by atoms with Gasteiger partial charge in [0.15, 0.2) is 5.82 Å². The van der Waals surface area contributed by atoms with Crippen LogP contribution in [0.5, 0.6) is 0 Å². The van der Waals surface area contributed by atoms with Gasteiger partial charge in [-0.3, -0.25) is 9.89 Å². The highest BCUT2D eigenvalue weighted by Gasteiger charge is 2.13. The first-order valence-electron chi connectivity index (χ1n) is 6.01. The number of rotatable bonds is 4. The molecule has 100 valence electrons. The second kappa shape index (κ2) is 5.88. The molecule has 0 radical (unpaired) electrons. The molecule has 5 nitrogen and oxygen atoms in total. The van der Waals surface area contributed by atoms with E-state index >= 15 is 0 Å². The first kappa shape index (κ1) is 13.6. The number of aromatic amines is 1. The van der Waals surface area contributed by atoms with Gasteiger partial charge < -0.3 is 11.1 Å². The summed E-state index contributed by atoms with van der Waals surface area (Å²) in [6.07, 6.45) is 1.93. The number of aromatic nitrogens is 2. The van der Waals surface area contributed by atoms with Gasteiger partial charge in [0, 0.05) is 17.4 Å². The van der Waals surface area contributed by atoms with Gasteiger partial charge in [-0.2, -0.15) is 5.10 Å². The number of halogens is 1. The van der Waals surface area contributed by atoms with Crippen LogP contribution >= 0.6 is 15.9 Å². The van der Waals surface area contributed by atoms with Crippen LogP contribution in [-0.4, -0.2) is 16.1 Å². The number of benzene rings is 1. The summed E-state index contributed by atoms with van der Waals surface area (Å²) in [7, 11) is 0. The molecule has 0 aliphatic heterocycles. The van der Waals surface area contributed by atoms with Crippen molar-refractivity contribution in [2.75, 3.05) is 11.1 Å². The van der Waals surface area contributed by atoms with E-state index in [1.807, 2.05) is 6.07 Å². The maximum atomic E-state index is 12.1. The second-order valence-corrected chi connectivity index (χ2v) is 4.98. The van der Waals surface area contributed by atoms with E-state index in [0.717, 1.165) is 18.5 Å². The fourth-order valence-corrected chi connectivity index (χ4v) is 2.18. The number of nitrogens with zero attached hydrogens (tertiary/aromatic N) is 1. The predicted octanol–water partition coefficient (Wildman–Crippen LogP) is 2.96. The SMILES string of the molecule is CCCc1cc(NC(=O)c2cccc(N)c2Br)n[nH]1. The van der Waals surface area contributed by atoms with Crippen LogP contribution < -0.4 is 11.1 Å². The van der Waals surface area contributed by atoms with Crippen molar-refractivity contribution in [3.05, 3.63) is 40.0 Å². The van der Waals surface area contributed by atoms with Crippen LogP contribution in [0.1, 0.15) is 29.4 Å². The average Bonchev–Trinajstić information content (AvgIpc) is 2.80. The summed E-state index contributed by atoms with van der Waals surface area (Å²) in [5.41, 5.74) is 7.77. The highest BCUT2D eigenvalue weighted by molar-refractivity contribution is 9.10. The zero-order chi connectivity index (χ0) is 13.8. The molecule has 2 rings (SSSR count). The number of amides is 1. The molecule has 1 heterocycles. The van der Waals surface area contributed by atoms with E-state index in [9.17, 15) is 4.79 Å². The number of nitrogens with two attached hydrogens (primary N) is 1. The number of anilines is 2. The van der Waals surface area contributed by atoms with Gasteiger partial charge in [0.2, 0.25) is 0 Å². The normalized spacial score (nSPS) is 10.4. The number of carbonyl (C=O) groups excluding carboxylic acids is 1. The van der Waals surface area contributed by atoms with Crippen LogP contribution in [-0.2, 0) is 6.42 Å². The molecule has 0 saturated carbocycles. The minimum Gasteiger partial charge on any atom is -0.398 e. The molecule has 0 aliphatic carbocycles. The van der Waals surface area contributed by atoms with Crippen LogP contribution in [0.3, 0.4) is 0 Å². The molecule has 1 amide bonds. The molecule has 19 heavy (non-hydrogen) atoms. The Labute approximate surface area is 119 Å². The molecule has 0 saturated heterocycles. The van der Waals surface area contributed by atoms with Crippen molar-refractivity contribution < 1.29 is 4.79 Å². The Morgan fingerprint density at radius 3 is 3.05 bits per heavy atom. The maximum Gasteiger partial charge on any atom is 0.258 e. The average molecular weight is 323 g/mol. The van der Waals surface area contributed by atoms with Crippen LogP contribution in [0, 0.1) is 0 Å². The topological polar surface area (TPSA) is 83.8 Å². The zero-order valence-electron chi connectivity index (χ0n) is 10.5. The first-order valence-corrected chi connectivity index (χ1v) is 6.80. The van der Waals surface area contributed by atoms with E-state index in [4.69, 9.17) is 5.73 Å². The fraction of sp³-hybridized carbons (Fsp3) is 0.231. The van der Waals surface area contributed by atoms with Crippen molar-refractivity contribution in [3.8, 4) is 0 Å². The largest absolute Gasteiger partial charge is 0.398 e. The number of hydrogen-bond acceptors (Lipinski definition) is 3. The highest BCUT2D eigenvalue weighted by atomic mass is 79.9. The highest BCUT2D eigenvalue weighted by Crippen LogP contribution is 2.24. The monoisotopic (exact) mass is 322 g/mol. The number of hydrogen-bond donors (Lipinski definition) is 3. The molecular weight excluding hydrogens is 308 g/mol. The molecule has 0 aliphatic rings. The molecular formula is C13H15BrN4O. The van der Waals surface area contributed by atoms with Gasteiger partial charge in [0.25, 0.3) is 5.91 Å². The Kier molecular flexibility index (Phi) is 4.21. The van der Waals surface area contributed by atoms with Crippen molar-refractivity contribution in [3.63, 3.8) is 0 Å². The summed E-state index contributed by atoms with van der Waals surface area (Å²) in [5, 5.41) is 9.68. The van der Waals surface area contributed by atoms with Gasteiger partial charge >= 0.3 is 0 Å². The van der Waals surface area contributed by atoms with E-state index in [0.29, 0.717) is 21.5 Å². The zero-order valence-corrected chi connectivity index (χ0v) is 12.1. The molecule has 0 unspecified atom stereocenters. The van der Waals surface area contributed by atoms with Crippen LogP contribution in [0.4, 0.5) is 11.5 Å². The Morgan fingerprint density at radius 1 is 1.53 bits per heavy atom. The summed E-state index contributed by atoms with van der Waals surface area (Å²) in [4.78, 5) is 12.1. The van der Waals surface area contributed by atoms with Gasteiger partial charge in [-0.25, -0.2) is 0 Å². The summed E-state index contributed by atoms with van der Waals surface area (Å²) in [6, 6.07) is 7.01. The van der Waals surface area contributed by atoms with E-state index in [1.54, 1.807) is 18.2 Å². The Morgan fingerprint density at radius 2 is 2.32 bits per heavy atom. The molecule has 1 aromatic carbocycles. The van der Waals surface area contributed by atoms with Gasteiger partial charge in [-0.15, -0.1) is 0 Å². The van der Waals surface area contributed by atoms with Crippen molar-refractivity contribution >= 4 is 33.3 Å². The number of aryl methyl sites for hydroxylation is 1. The fourth-order valence-electron chi connectivity index (χ4n) is 1.73. The lowest BCUT2D eigenvalue weighted by molar-refractivity contribution is 0.102. The van der Waals surface area contributed by atoms with Gasteiger partial charge in [-0.1, -0.05) is 19.4 Å². The smallest absolute Gasteiger partial charge is 0.258 e. The van der Waals surface area contributed by atoms with Gasteiger partial charge in [0.05, 0.1) is 10.0 Å². The van der Waals surface area contributed by atoms with Crippen LogP contribution in [0.2, 0.25) is 0 Å². The van der Waals surface area contributed by atoms with Crippen molar-refractivity contribution in [2.24, 2.45) is 0 Å². The lowest BCUT2D eigenvalue weighted by atomic mass is 10.2. The van der Waals surface area contributed by atoms with E-state index < -0.39 is 0 Å². The summed E-state index contributed by atoms with van der Waals surface area (Å²) >= 11 is 3.31. The molecule has 4 N–H and O–H groups in total. The quantitative estimate of drug-likeness (QED) is 0.756. The molecule has 0 atom stereocenters. The summed E-state index contributed by atoms with van der Waals surface area (Å²) in [6.45, 7) is 2.09. The Hall–Kier alpha value is -1.82. The van der Waals surface area contributed by atoms with E-state index in [2.05, 4.69) is 38.4 Å². The molecule has 0 fully saturated rings. The maximum absolute atomic E-state index is 12.1. The lowest BCUT2D eigenvalue weighted by Crippen LogP contribution is -2.13. The summed E-state index contributed by atoms with van der Waals surface area (Å²) in [5.74, 6) is 0.275. The number of nitrogen functional groups attached to an aromatic ring is 1. The molecule has 0 spiro atoms. The first-order chi connectivity index (χ1) is 9.11. The molecule has 6 heteroatoms.